The number of alkyl halides is 1. The number of rotatable bonds is 3. The van der Waals surface area contributed by atoms with E-state index in [-0.39, 0.29) is 13.0 Å². The van der Waals surface area contributed by atoms with Crippen molar-refractivity contribution in [2.75, 3.05) is 25.1 Å². The number of benzene rings is 1. The van der Waals surface area contributed by atoms with E-state index in [1.165, 1.54) is 0 Å². The Bertz CT molecular complexity index is 420. The molecule has 0 spiro atoms. The zero-order valence-corrected chi connectivity index (χ0v) is 9.52. The molecule has 1 unspecified atom stereocenters. The van der Waals surface area contributed by atoms with E-state index in [1.807, 2.05) is 0 Å². The summed E-state index contributed by atoms with van der Waals surface area (Å²) in [5, 5.41) is 8.80. The van der Waals surface area contributed by atoms with Crippen molar-refractivity contribution in [2.45, 2.75) is 12.1 Å². The number of hydrogen-bond acceptors (Lipinski definition) is 3. The van der Waals surface area contributed by atoms with Gasteiger partial charge in [0.05, 0.1) is 13.7 Å². The van der Waals surface area contributed by atoms with Crippen LogP contribution >= 0.6 is 0 Å². The highest BCUT2D eigenvalue weighted by Crippen LogP contribution is 2.30. The summed E-state index contributed by atoms with van der Waals surface area (Å²) >= 11 is 0. The molecule has 0 aromatic heterocycles. The van der Waals surface area contributed by atoms with E-state index in [0.29, 0.717) is 6.54 Å². The van der Waals surface area contributed by atoms with E-state index < -0.39 is 11.6 Å². The third kappa shape index (κ3) is 2.18. The smallest absolute Gasteiger partial charge is 0.343 e. The SMILES string of the molecule is COc1ccc(N2CCC(F)(C(=O)O)C2)cc1. The van der Waals surface area contributed by atoms with Crippen LogP contribution in [0.1, 0.15) is 6.42 Å². The van der Waals surface area contributed by atoms with Gasteiger partial charge in [-0.2, -0.15) is 0 Å². The number of carboxylic acids is 1. The minimum Gasteiger partial charge on any atom is -0.497 e. The Balaban J connectivity index is 2.12. The molecule has 1 aromatic rings. The van der Waals surface area contributed by atoms with Crippen LogP contribution in [0.5, 0.6) is 5.75 Å². The van der Waals surface area contributed by atoms with Crippen LogP contribution in [0.15, 0.2) is 24.3 Å². The van der Waals surface area contributed by atoms with Gasteiger partial charge in [-0.25, -0.2) is 9.18 Å². The molecule has 1 aliphatic heterocycles. The Morgan fingerprint density at radius 1 is 1.47 bits per heavy atom. The average Bonchev–Trinajstić information content (AvgIpc) is 2.74. The molecule has 17 heavy (non-hydrogen) atoms. The Hall–Kier alpha value is -1.78. The summed E-state index contributed by atoms with van der Waals surface area (Å²) in [4.78, 5) is 12.5. The molecule has 0 radical (unpaired) electrons. The second-order valence-corrected chi connectivity index (χ2v) is 4.14. The quantitative estimate of drug-likeness (QED) is 0.872. The second-order valence-electron chi connectivity index (χ2n) is 4.14. The summed E-state index contributed by atoms with van der Waals surface area (Å²) in [5.41, 5.74) is -1.31. The van der Waals surface area contributed by atoms with Crippen molar-refractivity contribution < 1.29 is 19.0 Å². The molecule has 4 nitrogen and oxygen atoms in total. The Labute approximate surface area is 98.6 Å². The van der Waals surface area contributed by atoms with Gasteiger partial charge in [0.1, 0.15) is 5.75 Å². The summed E-state index contributed by atoms with van der Waals surface area (Å²) in [7, 11) is 1.57. The first-order valence-corrected chi connectivity index (χ1v) is 5.36. The van der Waals surface area contributed by atoms with Gasteiger partial charge in [0, 0.05) is 18.7 Å². The molecule has 1 atom stereocenters. The molecule has 1 N–H and O–H groups in total. The maximum absolute atomic E-state index is 13.9. The standard InChI is InChI=1S/C12H14FNO3/c1-17-10-4-2-9(3-5-10)14-7-6-12(13,8-14)11(15)16/h2-5H,6-8H2,1H3,(H,15,16). The number of carbonyl (C=O) groups is 1. The first kappa shape index (κ1) is 11.7. The van der Waals surface area contributed by atoms with Crippen molar-refractivity contribution in [3.63, 3.8) is 0 Å². The van der Waals surface area contributed by atoms with Crippen molar-refractivity contribution in [3.05, 3.63) is 24.3 Å². The van der Waals surface area contributed by atoms with Crippen LogP contribution in [0.4, 0.5) is 10.1 Å². The molecule has 1 heterocycles. The zero-order chi connectivity index (χ0) is 12.5. The molecule has 0 aliphatic carbocycles. The predicted molar refractivity (Wildman–Crippen MR) is 61.3 cm³/mol. The Morgan fingerprint density at radius 3 is 2.59 bits per heavy atom. The van der Waals surface area contributed by atoms with E-state index >= 15 is 0 Å². The number of anilines is 1. The molecule has 1 aromatic carbocycles. The normalized spacial score (nSPS) is 23.8. The maximum Gasteiger partial charge on any atom is 0.343 e. The number of nitrogens with zero attached hydrogens (tertiary/aromatic N) is 1. The lowest BCUT2D eigenvalue weighted by Gasteiger charge is -2.19. The monoisotopic (exact) mass is 239 g/mol. The van der Waals surface area contributed by atoms with Crippen LogP contribution in [0.3, 0.4) is 0 Å². The fraction of sp³-hybridized carbons (Fsp3) is 0.417. The third-order valence-corrected chi connectivity index (χ3v) is 3.04. The fourth-order valence-corrected chi connectivity index (χ4v) is 1.96. The van der Waals surface area contributed by atoms with Gasteiger partial charge in [-0.1, -0.05) is 0 Å². The van der Waals surface area contributed by atoms with Crippen molar-refractivity contribution in [1.29, 1.82) is 0 Å². The zero-order valence-electron chi connectivity index (χ0n) is 9.52. The number of aliphatic carboxylic acids is 1. The van der Waals surface area contributed by atoms with Gasteiger partial charge in [0.15, 0.2) is 0 Å². The maximum atomic E-state index is 13.9. The average molecular weight is 239 g/mol. The lowest BCUT2D eigenvalue weighted by atomic mass is 10.1. The molecule has 1 aliphatic rings. The number of hydrogen-bond donors (Lipinski definition) is 1. The molecule has 5 heteroatoms. The summed E-state index contributed by atoms with van der Waals surface area (Å²) in [6.07, 6.45) is 0.0222. The first-order chi connectivity index (χ1) is 8.05. The van der Waals surface area contributed by atoms with Crippen LogP contribution in [0, 0.1) is 0 Å². The highest BCUT2D eigenvalue weighted by atomic mass is 19.1. The van der Waals surface area contributed by atoms with Crippen LogP contribution in [0.2, 0.25) is 0 Å². The Kier molecular flexibility index (Phi) is 2.92. The third-order valence-electron chi connectivity index (χ3n) is 3.04. The van der Waals surface area contributed by atoms with E-state index in [9.17, 15) is 9.18 Å². The van der Waals surface area contributed by atoms with Crippen LogP contribution < -0.4 is 9.64 Å². The summed E-state index contributed by atoms with van der Waals surface area (Å²) < 4.78 is 18.9. The molecule has 92 valence electrons. The van der Waals surface area contributed by atoms with Crippen LogP contribution in [-0.2, 0) is 4.79 Å². The minimum atomic E-state index is -2.13. The van der Waals surface area contributed by atoms with E-state index in [2.05, 4.69) is 0 Å². The van der Waals surface area contributed by atoms with Gasteiger partial charge in [-0.15, -0.1) is 0 Å². The summed E-state index contributed by atoms with van der Waals surface area (Å²) in [6.45, 7) is 0.309. The summed E-state index contributed by atoms with van der Waals surface area (Å²) in [5.74, 6) is -0.661. The van der Waals surface area contributed by atoms with Gasteiger partial charge < -0.3 is 14.7 Å². The van der Waals surface area contributed by atoms with Gasteiger partial charge in [-0.05, 0) is 24.3 Å². The predicted octanol–water partition coefficient (Wildman–Crippen LogP) is 1.70. The lowest BCUT2D eigenvalue weighted by molar-refractivity contribution is -0.149. The minimum absolute atomic E-state index is 0.0222. The molecular formula is C12H14FNO3. The molecule has 0 amide bonds. The largest absolute Gasteiger partial charge is 0.497 e. The van der Waals surface area contributed by atoms with Crippen LogP contribution in [0.25, 0.3) is 0 Å². The lowest BCUT2D eigenvalue weighted by Crippen LogP contribution is -2.36. The van der Waals surface area contributed by atoms with Crippen molar-refractivity contribution in [2.24, 2.45) is 0 Å². The molecule has 1 fully saturated rings. The van der Waals surface area contributed by atoms with E-state index in [4.69, 9.17) is 9.84 Å². The number of ether oxygens (including phenoxy) is 1. The Morgan fingerprint density at radius 2 is 2.12 bits per heavy atom. The number of carboxylic acid groups (broad SMARTS) is 1. The first-order valence-electron chi connectivity index (χ1n) is 5.36. The fourth-order valence-electron chi connectivity index (χ4n) is 1.96. The second kappa shape index (κ2) is 4.24. The topological polar surface area (TPSA) is 49.8 Å². The molecule has 0 bridgehead atoms. The van der Waals surface area contributed by atoms with Gasteiger partial charge >= 0.3 is 5.97 Å². The molecular weight excluding hydrogens is 225 g/mol. The summed E-state index contributed by atoms with van der Waals surface area (Å²) in [6, 6.07) is 7.14. The highest BCUT2D eigenvalue weighted by Gasteiger charge is 2.45. The number of methoxy groups -OCH3 is 1. The van der Waals surface area contributed by atoms with Crippen LogP contribution in [-0.4, -0.2) is 36.9 Å². The van der Waals surface area contributed by atoms with Crippen molar-refractivity contribution in [3.8, 4) is 5.75 Å². The molecule has 0 saturated carbocycles. The van der Waals surface area contributed by atoms with E-state index in [1.54, 1.807) is 36.3 Å². The van der Waals surface area contributed by atoms with E-state index in [0.717, 1.165) is 11.4 Å². The van der Waals surface area contributed by atoms with Crippen molar-refractivity contribution in [1.82, 2.24) is 0 Å². The van der Waals surface area contributed by atoms with Gasteiger partial charge in [0.25, 0.3) is 0 Å². The van der Waals surface area contributed by atoms with Crippen molar-refractivity contribution >= 4 is 11.7 Å². The molecule has 1 saturated heterocycles. The van der Waals surface area contributed by atoms with Gasteiger partial charge in [0.2, 0.25) is 5.67 Å². The highest BCUT2D eigenvalue weighted by molar-refractivity contribution is 5.79. The number of halogens is 1. The molecule has 2 rings (SSSR count). The van der Waals surface area contributed by atoms with Gasteiger partial charge in [-0.3, -0.25) is 0 Å².